The first-order valence-corrected chi connectivity index (χ1v) is 9.24. The maximum atomic E-state index is 12.6. The Balaban J connectivity index is 1.40. The van der Waals surface area contributed by atoms with Gasteiger partial charge in [-0.2, -0.15) is 0 Å². The molecule has 4 rings (SSSR count). The van der Waals surface area contributed by atoms with E-state index in [2.05, 4.69) is 10.6 Å². The first kappa shape index (κ1) is 17.7. The van der Waals surface area contributed by atoms with Crippen LogP contribution in [0.5, 0.6) is 11.5 Å². The lowest BCUT2D eigenvalue weighted by molar-refractivity contribution is -0.126. The van der Waals surface area contributed by atoms with E-state index in [1.807, 2.05) is 36.4 Å². The smallest absolute Gasteiger partial charge is 0.228 e. The van der Waals surface area contributed by atoms with Gasteiger partial charge in [-0.1, -0.05) is 29.8 Å². The SMILES string of the molecule is O=C1CC(C(=O)NCCc2cc(Cl)c3c(c2)OCCO3)c2ccccc2N1. The molecule has 7 heteroatoms. The van der Waals surface area contributed by atoms with E-state index in [0.717, 1.165) is 11.1 Å². The number of para-hydroxylation sites is 1. The van der Waals surface area contributed by atoms with Crippen LogP contribution in [0.4, 0.5) is 5.69 Å². The third-order valence-electron chi connectivity index (χ3n) is 4.69. The molecule has 2 N–H and O–H groups in total. The summed E-state index contributed by atoms with van der Waals surface area (Å²) in [6.45, 7) is 1.42. The van der Waals surface area contributed by atoms with Crippen LogP contribution in [0.15, 0.2) is 36.4 Å². The van der Waals surface area contributed by atoms with Gasteiger partial charge in [0.2, 0.25) is 11.8 Å². The van der Waals surface area contributed by atoms with E-state index in [1.54, 1.807) is 0 Å². The number of hydrogen-bond donors (Lipinski definition) is 2. The number of fused-ring (bicyclic) bond motifs is 2. The first-order chi connectivity index (χ1) is 13.1. The van der Waals surface area contributed by atoms with Gasteiger partial charge in [-0.15, -0.1) is 0 Å². The molecule has 0 saturated heterocycles. The lowest BCUT2D eigenvalue weighted by Gasteiger charge is -2.24. The number of carbonyl (C=O) groups excluding carboxylic acids is 2. The molecule has 1 unspecified atom stereocenters. The molecule has 2 aromatic rings. The quantitative estimate of drug-likeness (QED) is 0.847. The minimum atomic E-state index is -0.473. The molecule has 140 valence electrons. The van der Waals surface area contributed by atoms with Gasteiger partial charge in [0.1, 0.15) is 13.2 Å². The van der Waals surface area contributed by atoms with Crippen molar-refractivity contribution in [1.29, 1.82) is 0 Å². The van der Waals surface area contributed by atoms with Crippen LogP contribution in [0.2, 0.25) is 5.02 Å². The highest BCUT2D eigenvalue weighted by Gasteiger charge is 2.30. The van der Waals surface area contributed by atoms with Crippen LogP contribution < -0.4 is 20.1 Å². The van der Waals surface area contributed by atoms with E-state index < -0.39 is 5.92 Å². The van der Waals surface area contributed by atoms with Gasteiger partial charge in [0, 0.05) is 18.7 Å². The third-order valence-corrected chi connectivity index (χ3v) is 4.97. The third kappa shape index (κ3) is 3.71. The molecule has 6 nitrogen and oxygen atoms in total. The fraction of sp³-hybridized carbons (Fsp3) is 0.300. The lowest BCUT2D eigenvalue weighted by atomic mass is 9.90. The zero-order valence-electron chi connectivity index (χ0n) is 14.6. The van der Waals surface area contributed by atoms with Gasteiger partial charge in [0.05, 0.1) is 10.9 Å². The van der Waals surface area contributed by atoms with Crippen molar-refractivity contribution in [3.8, 4) is 11.5 Å². The number of anilines is 1. The van der Waals surface area contributed by atoms with Crippen molar-refractivity contribution in [2.24, 2.45) is 0 Å². The summed E-state index contributed by atoms with van der Waals surface area (Å²) in [6, 6.07) is 11.1. The van der Waals surface area contributed by atoms with Crippen molar-refractivity contribution >= 4 is 29.1 Å². The van der Waals surface area contributed by atoms with Gasteiger partial charge in [-0.25, -0.2) is 0 Å². The van der Waals surface area contributed by atoms with Crippen LogP contribution in [0.1, 0.15) is 23.5 Å². The number of halogens is 1. The number of carbonyl (C=O) groups is 2. The summed E-state index contributed by atoms with van der Waals surface area (Å²) < 4.78 is 11.1. The summed E-state index contributed by atoms with van der Waals surface area (Å²) in [5.74, 6) is 0.431. The molecule has 0 bridgehead atoms. The molecular weight excluding hydrogens is 368 g/mol. The standard InChI is InChI=1S/C20H19ClN2O4/c21-15-9-12(10-17-19(15)27-8-7-26-17)5-6-22-20(25)14-11-18(24)23-16-4-2-1-3-13(14)16/h1-4,9-10,14H,5-8,11H2,(H,22,25)(H,23,24). The molecule has 0 aromatic heterocycles. The van der Waals surface area contributed by atoms with Gasteiger partial charge < -0.3 is 20.1 Å². The zero-order valence-corrected chi connectivity index (χ0v) is 15.3. The van der Waals surface area contributed by atoms with E-state index in [1.165, 1.54) is 0 Å². The van der Waals surface area contributed by atoms with Crippen molar-refractivity contribution in [2.75, 3.05) is 25.1 Å². The predicted octanol–water partition coefficient (Wildman–Crippen LogP) is 2.90. The molecule has 2 amide bonds. The Labute approximate surface area is 161 Å². The van der Waals surface area contributed by atoms with Crippen molar-refractivity contribution < 1.29 is 19.1 Å². The van der Waals surface area contributed by atoms with Crippen LogP contribution in [-0.2, 0) is 16.0 Å². The van der Waals surface area contributed by atoms with Crippen LogP contribution in [0, 0.1) is 0 Å². The van der Waals surface area contributed by atoms with Gasteiger partial charge in [0.15, 0.2) is 11.5 Å². The van der Waals surface area contributed by atoms with Crippen molar-refractivity contribution in [2.45, 2.75) is 18.8 Å². The highest BCUT2D eigenvalue weighted by Crippen LogP contribution is 2.38. The van der Waals surface area contributed by atoms with Gasteiger partial charge in [-0.05, 0) is 35.7 Å². The minimum absolute atomic E-state index is 0.146. The maximum Gasteiger partial charge on any atom is 0.228 e. The molecule has 2 heterocycles. The Morgan fingerprint density at radius 3 is 2.93 bits per heavy atom. The average molecular weight is 387 g/mol. The van der Waals surface area contributed by atoms with E-state index in [-0.39, 0.29) is 18.2 Å². The number of amides is 2. The summed E-state index contributed by atoms with van der Waals surface area (Å²) >= 11 is 6.25. The second-order valence-electron chi connectivity index (χ2n) is 6.53. The number of ether oxygens (including phenoxy) is 2. The van der Waals surface area contributed by atoms with Gasteiger partial charge in [0.25, 0.3) is 0 Å². The normalized spacial score (nSPS) is 17.7. The van der Waals surface area contributed by atoms with Crippen molar-refractivity contribution in [3.05, 3.63) is 52.5 Å². The molecule has 0 spiro atoms. The summed E-state index contributed by atoms with van der Waals surface area (Å²) in [7, 11) is 0. The Hall–Kier alpha value is -2.73. The predicted molar refractivity (Wildman–Crippen MR) is 102 cm³/mol. The van der Waals surface area contributed by atoms with Gasteiger partial charge in [-0.3, -0.25) is 9.59 Å². The van der Waals surface area contributed by atoms with Crippen LogP contribution in [0.25, 0.3) is 0 Å². The number of hydrogen-bond acceptors (Lipinski definition) is 4. The minimum Gasteiger partial charge on any atom is -0.486 e. The van der Waals surface area contributed by atoms with Crippen LogP contribution >= 0.6 is 11.6 Å². The highest BCUT2D eigenvalue weighted by atomic mass is 35.5. The Morgan fingerprint density at radius 1 is 1.22 bits per heavy atom. The summed E-state index contributed by atoms with van der Waals surface area (Å²) in [6.07, 6.45) is 0.751. The molecule has 0 fully saturated rings. The van der Waals surface area contributed by atoms with Gasteiger partial charge >= 0.3 is 0 Å². The number of nitrogens with one attached hydrogen (secondary N) is 2. The molecule has 1 atom stereocenters. The maximum absolute atomic E-state index is 12.6. The Kier molecular flexibility index (Phi) is 4.90. The molecule has 2 aliphatic rings. The Morgan fingerprint density at radius 2 is 2.04 bits per heavy atom. The van der Waals surface area contributed by atoms with Crippen molar-refractivity contribution in [3.63, 3.8) is 0 Å². The van der Waals surface area contributed by atoms with Crippen LogP contribution in [0.3, 0.4) is 0 Å². The second-order valence-corrected chi connectivity index (χ2v) is 6.94. The summed E-state index contributed by atoms with van der Waals surface area (Å²) in [4.78, 5) is 24.5. The fourth-order valence-corrected chi connectivity index (χ4v) is 3.69. The number of benzene rings is 2. The fourth-order valence-electron chi connectivity index (χ4n) is 3.41. The second kappa shape index (κ2) is 7.48. The van der Waals surface area contributed by atoms with E-state index in [0.29, 0.717) is 48.4 Å². The van der Waals surface area contributed by atoms with E-state index in [9.17, 15) is 9.59 Å². The van der Waals surface area contributed by atoms with Crippen LogP contribution in [-0.4, -0.2) is 31.6 Å². The molecule has 2 aromatic carbocycles. The molecule has 0 radical (unpaired) electrons. The lowest BCUT2D eigenvalue weighted by Crippen LogP contribution is -2.35. The zero-order chi connectivity index (χ0) is 18.8. The van der Waals surface area contributed by atoms with E-state index in [4.69, 9.17) is 21.1 Å². The molecule has 27 heavy (non-hydrogen) atoms. The molecule has 0 saturated carbocycles. The average Bonchev–Trinajstić information content (AvgIpc) is 2.67. The molecular formula is C20H19ClN2O4. The monoisotopic (exact) mass is 386 g/mol. The molecule has 0 aliphatic carbocycles. The molecule has 2 aliphatic heterocycles. The topological polar surface area (TPSA) is 76.7 Å². The number of rotatable bonds is 4. The summed E-state index contributed by atoms with van der Waals surface area (Å²) in [5.41, 5.74) is 2.50. The first-order valence-electron chi connectivity index (χ1n) is 8.86. The largest absolute Gasteiger partial charge is 0.486 e. The summed E-state index contributed by atoms with van der Waals surface area (Å²) in [5, 5.41) is 6.24. The Bertz CT molecular complexity index is 900. The van der Waals surface area contributed by atoms with Crippen molar-refractivity contribution in [1.82, 2.24) is 5.32 Å². The highest BCUT2D eigenvalue weighted by molar-refractivity contribution is 6.32. The van der Waals surface area contributed by atoms with E-state index >= 15 is 0 Å².